The maximum atomic E-state index is 13.7. The van der Waals surface area contributed by atoms with Crippen molar-refractivity contribution < 1.29 is 122 Å². The number of unbranched alkanes of at least 4 members (excludes halogenated alkanes) is 2. The topological polar surface area (TPSA) is 718 Å². The molecule has 588 valence electrons. The number of carbonyl (C=O) groups excluding carboxylic acids is 15. The molecule has 43 nitrogen and oxygen atoms in total. The largest absolute Gasteiger partial charge is 0.481 e. The number of aliphatic hydroxyl groups excluding tert-OH is 2. The smallest absolute Gasteiger partial charge is 0.326 e. The van der Waals surface area contributed by atoms with E-state index in [1.165, 1.54) is 18.7 Å². The second-order valence-corrected chi connectivity index (χ2v) is 24.9. The third kappa shape index (κ3) is 38.4. The monoisotopic (exact) mass is 1510 g/mol. The lowest BCUT2D eigenvalue weighted by Crippen LogP contribution is -2.60. The van der Waals surface area contributed by atoms with E-state index in [2.05, 4.69) is 74.4 Å². The Balaban J connectivity index is 6.18. The number of aliphatic carboxylic acids is 4. The zero-order valence-electron chi connectivity index (χ0n) is 58.6. The van der Waals surface area contributed by atoms with Gasteiger partial charge in [0.25, 0.3) is 0 Å². The first kappa shape index (κ1) is 94.1. The highest BCUT2D eigenvalue weighted by molar-refractivity contribution is 7.98. The molecular formula is C60H102N18O25S. The minimum Gasteiger partial charge on any atom is -0.481 e. The van der Waals surface area contributed by atoms with E-state index < -0.39 is 268 Å². The normalized spacial score (nSPS) is 15.0. The molecule has 104 heavy (non-hydrogen) atoms. The summed E-state index contributed by atoms with van der Waals surface area (Å²) < 4.78 is 0. The first-order chi connectivity index (χ1) is 48.8. The standard InChI is InChI=1S/C60H102N18O25S/c1-28(47(89)72-34(11-7-9-22-61)53(95)65-25-43(82)71-35(12-8-10-23-62)54(96)66-31(4)50(92)77-40(60(102)103)16-20-46(87)88)67-56(98)37(14-18-44(83)84)73-48(90)29(2)68-57(99)38(15-19-45(85)86)74-49(91)30(3)70-59(101)41(27-80)78-51(93)32(5)69-55(97)36(13-17-42(64)81)76-58(100)39(21-24-104-6)75-52(94)33(63)26-79/h28-41,79-80H,7-27,61-63H2,1-6H3,(H2,64,81)(H,65,95)(H,66,96)(H,67,98)(H,68,99)(H,69,97)(H,70,101)(H,71,82)(H,72,89)(H,73,90)(H,74,91)(H,75,94)(H,76,100)(H,77,92)(H,78,93)(H,83,84)(H,85,86)(H,87,88)(H,102,103)/t28-,29-,30-,31-,32-,33-,34-,35-,36-,37-,38-,39-,40-,41-/m0/s1. The van der Waals surface area contributed by atoms with Crippen molar-refractivity contribution in [1.29, 1.82) is 0 Å². The number of primary amides is 1. The fraction of sp³-hybridized carbons (Fsp3) is 0.683. The summed E-state index contributed by atoms with van der Waals surface area (Å²) in [7, 11) is 0. The minimum absolute atomic E-state index is 0.0220. The lowest BCUT2D eigenvalue weighted by Gasteiger charge is -2.26. The lowest BCUT2D eigenvalue weighted by atomic mass is 10.1. The highest BCUT2D eigenvalue weighted by atomic mass is 32.2. The molecule has 28 N–H and O–H groups in total. The van der Waals surface area contributed by atoms with Crippen LogP contribution in [0.5, 0.6) is 0 Å². The fourth-order valence-electron chi connectivity index (χ4n) is 8.93. The number of nitrogens with two attached hydrogens (primary N) is 4. The quantitative estimate of drug-likeness (QED) is 0.0252. The Morgan fingerprint density at radius 3 is 0.952 bits per heavy atom. The SMILES string of the molecule is CSCC[C@H](NC(=O)[C@@H](N)CO)C(=O)N[C@@H](CCC(N)=O)C(=O)N[C@@H](C)C(=O)N[C@@H](CO)C(=O)N[C@@H](C)C(=O)N[C@@H](CCC(=O)O)C(=O)N[C@@H](C)C(=O)N[C@@H](CCC(=O)O)C(=O)N[C@@H](C)C(=O)N[C@@H](CCCCN)C(=O)NCC(=O)N[C@@H](CCCCN)C(=O)N[C@@H](C)C(=O)N[C@@H](CCC(=O)O)C(=O)O. The second-order valence-electron chi connectivity index (χ2n) is 23.9. The molecule has 0 aromatic rings. The molecule has 0 saturated heterocycles. The fourth-order valence-corrected chi connectivity index (χ4v) is 9.40. The number of aliphatic hydroxyl groups is 2. The molecule has 0 radical (unpaired) electrons. The van der Waals surface area contributed by atoms with E-state index >= 15 is 0 Å². The van der Waals surface area contributed by atoms with Crippen molar-refractivity contribution in [2.45, 2.75) is 216 Å². The molecule has 0 bridgehead atoms. The van der Waals surface area contributed by atoms with Gasteiger partial charge in [-0.05, 0) is 130 Å². The van der Waals surface area contributed by atoms with Gasteiger partial charge in [-0.3, -0.25) is 86.3 Å². The molecule has 0 aliphatic rings. The summed E-state index contributed by atoms with van der Waals surface area (Å²) in [5.41, 5.74) is 22.1. The van der Waals surface area contributed by atoms with Crippen LogP contribution < -0.4 is 97.4 Å². The summed E-state index contributed by atoms with van der Waals surface area (Å²) in [6, 6.07) is -21.7. The zero-order chi connectivity index (χ0) is 79.5. The Morgan fingerprint density at radius 2 is 0.625 bits per heavy atom. The highest BCUT2D eigenvalue weighted by Crippen LogP contribution is 2.10. The van der Waals surface area contributed by atoms with E-state index in [1.54, 1.807) is 6.26 Å². The molecule has 0 heterocycles. The van der Waals surface area contributed by atoms with Crippen LogP contribution in [0.4, 0.5) is 0 Å². The summed E-state index contributed by atoms with van der Waals surface area (Å²) in [6.45, 7) is 3.36. The van der Waals surface area contributed by atoms with E-state index in [9.17, 15) is 117 Å². The Morgan fingerprint density at radius 1 is 0.337 bits per heavy atom. The average Bonchev–Trinajstić information content (AvgIpc) is 0.947. The van der Waals surface area contributed by atoms with Gasteiger partial charge in [0.1, 0.15) is 84.6 Å². The van der Waals surface area contributed by atoms with Crippen molar-refractivity contribution >= 4 is 124 Å². The number of thioether (sulfide) groups is 1. The molecule has 0 spiro atoms. The number of carbonyl (C=O) groups is 19. The van der Waals surface area contributed by atoms with Gasteiger partial charge in [-0.1, -0.05) is 0 Å². The number of carboxylic acids is 4. The van der Waals surface area contributed by atoms with E-state index in [0.29, 0.717) is 25.0 Å². The molecule has 14 atom stereocenters. The van der Waals surface area contributed by atoms with Crippen LogP contribution >= 0.6 is 11.8 Å². The molecule has 0 rings (SSSR count). The number of carboxylic acid groups (broad SMARTS) is 4. The first-order valence-corrected chi connectivity index (χ1v) is 34.4. The molecule has 0 saturated carbocycles. The summed E-state index contributed by atoms with van der Waals surface area (Å²) >= 11 is 1.31. The number of amides is 15. The summed E-state index contributed by atoms with van der Waals surface area (Å²) in [4.78, 5) is 244. The Labute approximate surface area is 601 Å². The molecule has 0 aliphatic heterocycles. The van der Waals surface area contributed by atoms with Crippen molar-refractivity contribution in [3.05, 3.63) is 0 Å². The Bertz CT molecular complexity index is 2990. The van der Waals surface area contributed by atoms with Crippen LogP contribution in [-0.2, 0) is 91.1 Å². The number of nitrogens with one attached hydrogen (secondary N) is 14. The van der Waals surface area contributed by atoms with Crippen molar-refractivity contribution in [3.8, 4) is 0 Å². The van der Waals surface area contributed by atoms with Crippen LogP contribution in [0.3, 0.4) is 0 Å². The lowest BCUT2D eigenvalue weighted by molar-refractivity contribution is -0.143. The van der Waals surface area contributed by atoms with E-state index in [4.69, 9.17) is 28.0 Å². The van der Waals surface area contributed by atoms with Gasteiger partial charge in [-0.2, -0.15) is 11.8 Å². The van der Waals surface area contributed by atoms with Crippen LogP contribution in [0.2, 0.25) is 0 Å². The van der Waals surface area contributed by atoms with Crippen molar-refractivity contribution in [2.75, 3.05) is 44.9 Å². The van der Waals surface area contributed by atoms with Gasteiger partial charge in [0, 0.05) is 25.7 Å². The predicted octanol–water partition coefficient (Wildman–Crippen LogP) is -10.2. The van der Waals surface area contributed by atoms with E-state index in [-0.39, 0.29) is 38.8 Å². The van der Waals surface area contributed by atoms with Gasteiger partial charge in [-0.25, -0.2) is 4.79 Å². The molecule has 44 heteroatoms. The van der Waals surface area contributed by atoms with Gasteiger partial charge in [0.15, 0.2) is 0 Å². The molecular weight excluding hydrogens is 1400 g/mol. The van der Waals surface area contributed by atoms with Gasteiger partial charge in [0.2, 0.25) is 88.6 Å². The maximum Gasteiger partial charge on any atom is 0.326 e. The number of hydrogen-bond donors (Lipinski definition) is 24. The summed E-state index contributed by atoms with van der Waals surface area (Å²) in [5, 5.41) is 88.8. The third-order valence-electron chi connectivity index (χ3n) is 15.1. The Kier molecular flexibility index (Phi) is 45.6. The van der Waals surface area contributed by atoms with Gasteiger partial charge in [-0.15, -0.1) is 0 Å². The minimum atomic E-state index is -1.84. The molecule has 0 unspecified atom stereocenters. The van der Waals surface area contributed by atoms with Crippen LogP contribution in [0.25, 0.3) is 0 Å². The van der Waals surface area contributed by atoms with Crippen molar-refractivity contribution in [2.24, 2.45) is 22.9 Å². The van der Waals surface area contributed by atoms with Gasteiger partial charge < -0.3 is 128 Å². The molecule has 15 amide bonds. The molecule has 0 aliphatic carbocycles. The third-order valence-corrected chi connectivity index (χ3v) is 15.7. The molecule has 0 aromatic carbocycles. The van der Waals surface area contributed by atoms with E-state index in [1.807, 2.05) is 0 Å². The molecule has 0 aromatic heterocycles. The summed E-state index contributed by atoms with van der Waals surface area (Å²) in [5.74, 6) is -20.9. The highest BCUT2D eigenvalue weighted by Gasteiger charge is 2.36. The zero-order valence-corrected chi connectivity index (χ0v) is 59.4. The van der Waals surface area contributed by atoms with Crippen molar-refractivity contribution in [3.63, 3.8) is 0 Å². The van der Waals surface area contributed by atoms with Crippen LogP contribution in [-0.4, -0.2) is 273 Å². The average molecular weight is 1510 g/mol. The van der Waals surface area contributed by atoms with E-state index in [0.717, 1.165) is 27.7 Å². The van der Waals surface area contributed by atoms with Crippen LogP contribution in [0.1, 0.15) is 131 Å². The molecule has 0 fully saturated rings. The predicted molar refractivity (Wildman–Crippen MR) is 364 cm³/mol. The maximum absolute atomic E-state index is 13.7. The van der Waals surface area contributed by atoms with Gasteiger partial charge >= 0.3 is 23.9 Å². The number of rotatable bonds is 54. The van der Waals surface area contributed by atoms with Crippen LogP contribution in [0, 0.1) is 0 Å². The first-order valence-electron chi connectivity index (χ1n) is 33.0. The van der Waals surface area contributed by atoms with Gasteiger partial charge in [0.05, 0.1) is 19.8 Å². The second kappa shape index (κ2) is 50.4. The summed E-state index contributed by atoms with van der Waals surface area (Å²) in [6.07, 6.45) is -1.75. The van der Waals surface area contributed by atoms with Crippen molar-refractivity contribution in [1.82, 2.24) is 74.4 Å². The Hall–Kier alpha value is -9.92. The number of hydrogen-bond acceptors (Lipinski definition) is 25. The van der Waals surface area contributed by atoms with Crippen LogP contribution in [0.15, 0.2) is 0 Å².